The van der Waals surface area contributed by atoms with Crippen molar-refractivity contribution in [1.29, 1.82) is 0 Å². The van der Waals surface area contributed by atoms with Crippen molar-refractivity contribution in [1.82, 2.24) is 4.98 Å². The van der Waals surface area contributed by atoms with Gasteiger partial charge in [-0.15, -0.1) is 0 Å². The van der Waals surface area contributed by atoms with E-state index >= 15 is 0 Å². The Morgan fingerprint density at radius 2 is 2.21 bits per heavy atom. The van der Waals surface area contributed by atoms with Gasteiger partial charge in [0.05, 0.1) is 4.92 Å². The number of rotatable bonds is 5. The summed E-state index contributed by atoms with van der Waals surface area (Å²) in [6, 6.07) is 2.86. The van der Waals surface area contributed by atoms with Crippen LogP contribution in [0.25, 0.3) is 0 Å². The molecule has 7 nitrogen and oxygen atoms in total. The Morgan fingerprint density at radius 3 is 2.68 bits per heavy atom. The van der Waals surface area contributed by atoms with Gasteiger partial charge in [0, 0.05) is 11.8 Å². The molecule has 0 amide bonds. The first kappa shape index (κ1) is 13.3. The lowest BCUT2D eigenvalue weighted by Crippen LogP contribution is -2.46. The molecule has 0 aromatic carbocycles. The molecule has 0 aliphatic heterocycles. The lowest BCUT2D eigenvalue weighted by molar-refractivity contribution is -0.384. The molecular formula is C12H15N3O4. The molecule has 7 heteroatoms. The average molecular weight is 265 g/mol. The predicted octanol–water partition coefficient (Wildman–Crippen LogP) is 1.96. The second-order valence-corrected chi connectivity index (χ2v) is 4.98. The smallest absolute Gasteiger partial charge is 0.329 e. The molecule has 1 aliphatic carbocycles. The van der Waals surface area contributed by atoms with Crippen LogP contribution in [0.1, 0.15) is 25.5 Å². The predicted molar refractivity (Wildman–Crippen MR) is 68.0 cm³/mol. The van der Waals surface area contributed by atoms with Gasteiger partial charge in [-0.3, -0.25) is 10.1 Å². The molecule has 1 unspecified atom stereocenters. The second-order valence-electron chi connectivity index (χ2n) is 4.98. The van der Waals surface area contributed by atoms with E-state index in [0.29, 0.717) is 5.69 Å². The number of aromatic nitrogens is 1. The van der Waals surface area contributed by atoms with E-state index in [-0.39, 0.29) is 17.4 Å². The SMILES string of the molecule is Cc1ccc([N+](=O)[O-])c(NC(C)(C(=O)O)C2CC2)n1. The number of hydrogen-bond acceptors (Lipinski definition) is 5. The van der Waals surface area contributed by atoms with Gasteiger partial charge in [-0.25, -0.2) is 9.78 Å². The molecule has 0 radical (unpaired) electrons. The third kappa shape index (κ3) is 2.49. The number of carboxylic acids is 1. The first-order valence-electron chi connectivity index (χ1n) is 5.98. The number of nitrogens with zero attached hydrogens (tertiary/aromatic N) is 2. The molecule has 1 heterocycles. The Morgan fingerprint density at radius 1 is 1.58 bits per heavy atom. The highest BCUT2D eigenvalue weighted by molar-refractivity contribution is 5.83. The Hall–Kier alpha value is -2.18. The monoisotopic (exact) mass is 265 g/mol. The first-order chi connectivity index (χ1) is 8.84. The zero-order valence-electron chi connectivity index (χ0n) is 10.7. The quantitative estimate of drug-likeness (QED) is 0.622. The minimum atomic E-state index is -1.22. The van der Waals surface area contributed by atoms with Crippen molar-refractivity contribution in [3.8, 4) is 0 Å². The summed E-state index contributed by atoms with van der Waals surface area (Å²) in [6.07, 6.45) is 1.60. The topological polar surface area (TPSA) is 105 Å². The van der Waals surface area contributed by atoms with Crippen molar-refractivity contribution in [2.24, 2.45) is 5.92 Å². The summed E-state index contributed by atoms with van der Waals surface area (Å²) < 4.78 is 0. The number of nitrogens with one attached hydrogen (secondary N) is 1. The van der Waals surface area contributed by atoms with E-state index in [2.05, 4.69) is 10.3 Å². The van der Waals surface area contributed by atoms with Crippen LogP contribution in [0.2, 0.25) is 0 Å². The standard InChI is InChI=1S/C12H15N3O4/c1-7-3-6-9(15(18)19)10(13-7)14-12(2,11(16)17)8-4-5-8/h3,6,8H,4-5H2,1-2H3,(H,13,14)(H,16,17). The molecule has 19 heavy (non-hydrogen) atoms. The van der Waals surface area contributed by atoms with Crippen molar-refractivity contribution in [2.75, 3.05) is 5.32 Å². The molecule has 2 rings (SSSR count). The van der Waals surface area contributed by atoms with Crippen LogP contribution in [0.4, 0.5) is 11.5 Å². The number of aliphatic carboxylic acids is 1. The van der Waals surface area contributed by atoms with Crippen LogP contribution in [-0.2, 0) is 4.79 Å². The van der Waals surface area contributed by atoms with E-state index in [0.717, 1.165) is 12.8 Å². The molecule has 1 aliphatic rings. The number of pyridine rings is 1. The van der Waals surface area contributed by atoms with Gasteiger partial charge in [0.15, 0.2) is 0 Å². The molecule has 2 N–H and O–H groups in total. The van der Waals surface area contributed by atoms with Gasteiger partial charge in [-0.2, -0.15) is 0 Å². The average Bonchev–Trinajstić information content (AvgIpc) is 3.12. The highest BCUT2D eigenvalue weighted by Crippen LogP contribution is 2.42. The van der Waals surface area contributed by atoms with Crippen molar-refractivity contribution < 1.29 is 14.8 Å². The Kier molecular flexibility index (Phi) is 3.13. The Bertz CT molecular complexity index is 542. The maximum atomic E-state index is 11.4. The Balaban J connectivity index is 2.38. The van der Waals surface area contributed by atoms with Gasteiger partial charge >= 0.3 is 11.7 Å². The fourth-order valence-electron chi connectivity index (χ4n) is 2.03. The molecule has 0 saturated heterocycles. The van der Waals surface area contributed by atoms with Crippen LogP contribution in [0.3, 0.4) is 0 Å². The molecule has 1 atom stereocenters. The number of nitro groups is 1. The van der Waals surface area contributed by atoms with Crippen molar-refractivity contribution in [3.05, 3.63) is 27.9 Å². The number of aryl methyl sites for hydroxylation is 1. The fourth-order valence-corrected chi connectivity index (χ4v) is 2.03. The van der Waals surface area contributed by atoms with Crippen LogP contribution in [-0.4, -0.2) is 26.5 Å². The molecule has 102 valence electrons. The summed E-state index contributed by atoms with van der Waals surface area (Å²) in [5.41, 5.74) is -0.832. The van der Waals surface area contributed by atoms with Crippen molar-refractivity contribution in [2.45, 2.75) is 32.2 Å². The molecule has 1 fully saturated rings. The molecular weight excluding hydrogens is 250 g/mol. The summed E-state index contributed by atoms with van der Waals surface area (Å²) in [5.74, 6) is -1.03. The largest absolute Gasteiger partial charge is 0.480 e. The number of hydrogen-bond donors (Lipinski definition) is 2. The third-order valence-electron chi connectivity index (χ3n) is 3.43. The highest BCUT2D eigenvalue weighted by atomic mass is 16.6. The van der Waals surface area contributed by atoms with E-state index < -0.39 is 16.4 Å². The molecule has 0 spiro atoms. The Labute approximate surface area is 109 Å². The van der Waals surface area contributed by atoms with E-state index in [4.69, 9.17) is 0 Å². The summed E-state index contributed by atoms with van der Waals surface area (Å²) >= 11 is 0. The van der Waals surface area contributed by atoms with Crippen LogP contribution >= 0.6 is 0 Å². The summed E-state index contributed by atoms with van der Waals surface area (Å²) in [6.45, 7) is 3.24. The lowest BCUT2D eigenvalue weighted by atomic mass is 9.96. The normalized spacial score (nSPS) is 17.6. The van der Waals surface area contributed by atoms with Crippen LogP contribution in [0.15, 0.2) is 12.1 Å². The number of carboxylic acid groups (broad SMARTS) is 1. The van der Waals surface area contributed by atoms with Gasteiger partial charge in [-0.1, -0.05) is 0 Å². The first-order valence-corrected chi connectivity index (χ1v) is 5.98. The van der Waals surface area contributed by atoms with Crippen molar-refractivity contribution in [3.63, 3.8) is 0 Å². The summed E-state index contributed by atoms with van der Waals surface area (Å²) in [4.78, 5) is 25.9. The van der Waals surface area contributed by atoms with Crippen LogP contribution < -0.4 is 5.32 Å². The van der Waals surface area contributed by atoms with Crippen molar-refractivity contribution >= 4 is 17.5 Å². The van der Waals surface area contributed by atoms with Crippen LogP contribution in [0.5, 0.6) is 0 Å². The van der Waals surface area contributed by atoms with Gasteiger partial charge in [-0.05, 0) is 38.7 Å². The van der Waals surface area contributed by atoms with Crippen LogP contribution in [0, 0.1) is 23.0 Å². The van der Waals surface area contributed by atoms with Gasteiger partial charge < -0.3 is 10.4 Å². The zero-order chi connectivity index (χ0) is 14.2. The fraction of sp³-hybridized carbons (Fsp3) is 0.500. The minimum absolute atomic E-state index is 0.0156. The van der Waals surface area contributed by atoms with Gasteiger partial charge in [0.25, 0.3) is 0 Å². The second kappa shape index (κ2) is 4.49. The minimum Gasteiger partial charge on any atom is -0.480 e. The number of carbonyl (C=O) groups is 1. The van der Waals surface area contributed by atoms with Gasteiger partial charge in [0.1, 0.15) is 5.54 Å². The van der Waals surface area contributed by atoms with E-state index in [9.17, 15) is 20.0 Å². The lowest BCUT2D eigenvalue weighted by Gasteiger charge is -2.26. The summed E-state index contributed by atoms with van der Waals surface area (Å²) in [5, 5.41) is 23.1. The molecule has 0 bridgehead atoms. The van der Waals surface area contributed by atoms with E-state index in [1.807, 2.05) is 0 Å². The maximum Gasteiger partial charge on any atom is 0.329 e. The maximum absolute atomic E-state index is 11.4. The molecule has 1 saturated carbocycles. The van der Waals surface area contributed by atoms with E-state index in [1.54, 1.807) is 13.8 Å². The highest BCUT2D eigenvalue weighted by Gasteiger charge is 2.48. The number of anilines is 1. The zero-order valence-corrected chi connectivity index (χ0v) is 10.7. The van der Waals surface area contributed by atoms with Gasteiger partial charge in [0.2, 0.25) is 5.82 Å². The van der Waals surface area contributed by atoms with E-state index in [1.165, 1.54) is 12.1 Å². The molecule has 1 aromatic heterocycles. The third-order valence-corrected chi connectivity index (χ3v) is 3.43. The molecule has 1 aromatic rings. The summed E-state index contributed by atoms with van der Waals surface area (Å²) in [7, 11) is 0.